The van der Waals surface area contributed by atoms with Crippen LogP contribution in [0.25, 0.3) is 0 Å². The van der Waals surface area contributed by atoms with Crippen LogP contribution in [-0.4, -0.2) is 60.8 Å². The summed E-state index contributed by atoms with van der Waals surface area (Å²) in [5.74, 6) is -0.110. The third kappa shape index (κ3) is 7.28. The number of nitrogens with zero attached hydrogens (tertiary/aromatic N) is 2. The van der Waals surface area contributed by atoms with Gasteiger partial charge in [-0.25, -0.2) is 0 Å². The highest BCUT2D eigenvalue weighted by Gasteiger charge is 2.17. The fourth-order valence-corrected chi connectivity index (χ4v) is 3.59. The van der Waals surface area contributed by atoms with Crippen LogP contribution in [0.4, 0.5) is 0 Å². The molecule has 1 N–H and O–H groups in total. The molecule has 0 radical (unpaired) electrons. The second-order valence-electron chi connectivity index (χ2n) is 7.38. The van der Waals surface area contributed by atoms with E-state index in [0.717, 1.165) is 39.3 Å². The van der Waals surface area contributed by atoms with Crippen molar-refractivity contribution in [2.75, 3.05) is 39.3 Å². The van der Waals surface area contributed by atoms with Gasteiger partial charge in [0.25, 0.3) is 0 Å². The molecular weight excluding hydrogens is 386 g/mol. The smallest absolute Gasteiger partial charge is 0.220 e. The number of nitrogens with one attached hydrogen (secondary N) is 1. The van der Waals surface area contributed by atoms with Gasteiger partial charge in [-0.2, -0.15) is 0 Å². The van der Waals surface area contributed by atoms with Crippen molar-refractivity contribution in [2.24, 2.45) is 0 Å². The molecule has 0 spiro atoms. The van der Waals surface area contributed by atoms with Crippen LogP contribution in [-0.2, 0) is 11.3 Å². The van der Waals surface area contributed by atoms with Gasteiger partial charge in [-0.15, -0.1) is 0 Å². The van der Waals surface area contributed by atoms with Gasteiger partial charge >= 0.3 is 0 Å². The summed E-state index contributed by atoms with van der Waals surface area (Å²) < 4.78 is 0. The standard InChI is InChI=1S/C23H28ClN3O2/c24-21-8-6-20(7-9-21)22(28)10-11-23(29)25-12-13-26-14-16-27(17-15-26)18-19-4-2-1-3-5-19/h1-9H,10-18H2,(H,25,29). The minimum Gasteiger partial charge on any atom is -0.355 e. The summed E-state index contributed by atoms with van der Waals surface area (Å²) in [6, 6.07) is 17.3. The molecule has 0 atom stereocenters. The summed E-state index contributed by atoms with van der Waals surface area (Å²) in [5.41, 5.74) is 1.94. The zero-order chi connectivity index (χ0) is 20.5. The molecule has 154 valence electrons. The van der Waals surface area contributed by atoms with Gasteiger partial charge in [-0.1, -0.05) is 41.9 Å². The number of amides is 1. The monoisotopic (exact) mass is 413 g/mol. The Morgan fingerprint density at radius 2 is 1.52 bits per heavy atom. The quantitative estimate of drug-likeness (QED) is 0.641. The van der Waals surface area contributed by atoms with Crippen molar-refractivity contribution in [3.8, 4) is 0 Å². The lowest BCUT2D eigenvalue weighted by Crippen LogP contribution is -2.48. The number of carbonyl (C=O) groups excluding carboxylic acids is 2. The minimum atomic E-state index is -0.0740. The molecule has 1 amide bonds. The molecule has 0 bridgehead atoms. The molecule has 1 aliphatic rings. The Morgan fingerprint density at radius 1 is 0.862 bits per heavy atom. The van der Waals surface area contributed by atoms with E-state index in [1.54, 1.807) is 24.3 Å². The normalized spacial score (nSPS) is 15.2. The fraction of sp³-hybridized carbons (Fsp3) is 0.391. The molecule has 0 saturated carbocycles. The van der Waals surface area contributed by atoms with Crippen molar-refractivity contribution >= 4 is 23.3 Å². The first-order valence-electron chi connectivity index (χ1n) is 10.1. The van der Waals surface area contributed by atoms with Gasteiger partial charge in [-0.3, -0.25) is 19.4 Å². The third-order valence-corrected chi connectivity index (χ3v) is 5.46. The number of halogens is 1. The largest absolute Gasteiger partial charge is 0.355 e. The Morgan fingerprint density at radius 3 is 2.21 bits per heavy atom. The highest BCUT2D eigenvalue weighted by Crippen LogP contribution is 2.12. The van der Waals surface area contributed by atoms with E-state index in [9.17, 15) is 9.59 Å². The summed E-state index contributed by atoms with van der Waals surface area (Å²) in [6.07, 6.45) is 0.429. The molecule has 2 aromatic carbocycles. The van der Waals surface area contributed by atoms with Crippen molar-refractivity contribution in [3.05, 3.63) is 70.7 Å². The number of hydrogen-bond donors (Lipinski definition) is 1. The van der Waals surface area contributed by atoms with E-state index in [0.29, 0.717) is 17.1 Å². The van der Waals surface area contributed by atoms with E-state index in [1.807, 2.05) is 6.07 Å². The number of hydrogen-bond acceptors (Lipinski definition) is 4. The van der Waals surface area contributed by atoms with E-state index in [4.69, 9.17) is 11.6 Å². The topological polar surface area (TPSA) is 52.7 Å². The summed E-state index contributed by atoms with van der Waals surface area (Å²) >= 11 is 5.83. The van der Waals surface area contributed by atoms with Crippen LogP contribution in [0.3, 0.4) is 0 Å². The first kappa shape index (κ1) is 21.5. The molecule has 0 aliphatic carbocycles. The van der Waals surface area contributed by atoms with Crippen molar-refractivity contribution in [1.29, 1.82) is 0 Å². The Kier molecular flexibility index (Phi) is 8.23. The van der Waals surface area contributed by atoms with Crippen molar-refractivity contribution < 1.29 is 9.59 Å². The third-order valence-electron chi connectivity index (χ3n) is 5.21. The number of rotatable bonds is 9. The van der Waals surface area contributed by atoms with Crippen molar-refractivity contribution in [1.82, 2.24) is 15.1 Å². The van der Waals surface area contributed by atoms with E-state index in [1.165, 1.54) is 5.56 Å². The zero-order valence-corrected chi connectivity index (χ0v) is 17.4. The van der Waals surface area contributed by atoms with Crippen LogP contribution in [0.1, 0.15) is 28.8 Å². The lowest BCUT2D eigenvalue weighted by molar-refractivity contribution is -0.121. The SMILES string of the molecule is O=C(CCC(=O)c1ccc(Cl)cc1)NCCN1CCN(Cc2ccccc2)CC1. The molecular formula is C23H28ClN3O2. The highest BCUT2D eigenvalue weighted by atomic mass is 35.5. The number of piperazine rings is 1. The van der Waals surface area contributed by atoms with Crippen LogP contribution < -0.4 is 5.32 Å². The predicted molar refractivity (Wildman–Crippen MR) is 116 cm³/mol. The first-order valence-corrected chi connectivity index (χ1v) is 10.5. The van der Waals surface area contributed by atoms with E-state index < -0.39 is 0 Å². The second kappa shape index (κ2) is 11.1. The Labute approximate surface area is 177 Å². The van der Waals surface area contributed by atoms with Crippen molar-refractivity contribution in [3.63, 3.8) is 0 Å². The molecule has 1 heterocycles. The predicted octanol–water partition coefficient (Wildman–Crippen LogP) is 3.24. The Balaban J connectivity index is 1.28. The highest BCUT2D eigenvalue weighted by molar-refractivity contribution is 6.30. The maximum atomic E-state index is 12.1. The fourth-order valence-electron chi connectivity index (χ4n) is 3.46. The molecule has 29 heavy (non-hydrogen) atoms. The van der Waals surface area contributed by atoms with E-state index in [2.05, 4.69) is 39.4 Å². The van der Waals surface area contributed by atoms with Gasteiger partial charge in [0.2, 0.25) is 5.91 Å². The van der Waals surface area contributed by atoms with E-state index in [-0.39, 0.29) is 24.5 Å². The average molecular weight is 414 g/mol. The van der Waals surface area contributed by atoms with Crippen LogP contribution >= 0.6 is 11.6 Å². The average Bonchev–Trinajstić information content (AvgIpc) is 2.74. The lowest BCUT2D eigenvalue weighted by Gasteiger charge is -2.34. The summed E-state index contributed by atoms with van der Waals surface area (Å²) in [6.45, 7) is 6.56. The van der Waals surface area contributed by atoms with Crippen molar-refractivity contribution in [2.45, 2.75) is 19.4 Å². The molecule has 1 aliphatic heterocycles. The van der Waals surface area contributed by atoms with Gasteiger partial charge in [0.1, 0.15) is 0 Å². The second-order valence-corrected chi connectivity index (χ2v) is 7.82. The van der Waals surface area contributed by atoms with Gasteiger partial charge in [0.05, 0.1) is 0 Å². The lowest BCUT2D eigenvalue weighted by atomic mass is 10.1. The van der Waals surface area contributed by atoms with Crippen LogP contribution in [0.5, 0.6) is 0 Å². The van der Waals surface area contributed by atoms with Crippen LogP contribution in [0, 0.1) is 0 Å². The molecule has 6 heteroatoms. The molecule has 0 aromatic heterocycles. The summed E-state index contributed by atoms with van der Waals surface area (Å²) in [7, 11) is 0. The van der Waals surface area contributed by atoms with E-state index >= 15 is 0 Å². The molecule has 3 rings (SSSR count). The number of Topliss-reactive ketones (excluding diaryl/α,β-unsaturated/α-hetero) is 1. The van der Waals surface area contributed by atoms with Gasteiger partial charge < -0.3 is 5.32 Å². The zero-order valence-electron chi connectivity index (χ0n) is 16.6. The molecule has 2 aromatic rings. The van der Waals surface area contributed by atoms with Gasteiger partial charge in [0, 0.05) is 69.2 Å². The first-order chi connectivity index (χ1) is 14.1. The maximum Gasteiger partial charge on any atom is 0.220 e. The molecule has 5 nitrogen and oxygen atoms in total. The number of ketones is 1. The Bertz CT molecular complexity index is 788. The number of carbonyl (C=O) groups is 2. The van der Waals surface area contributed by atoms with Crippen LogP contribution in [0.2, 0.25) is 5.02 Å². The minimum absolute atomic E-state index is 0.0358. The van der Waals surface area contributed by atoms with Gasteiger partial charge in [0.15, 0.2) is 5.78 Å². The Hall–Kier alpha value is -2.21. The molecule has 1 saturated heterocycles. The summed E-state index contributed by atoms with van der Waals surface area (Å²) in [4.78, 5) is 29.0. The number of benzene rings is 2. The summed E-state index contributed by atoms with van der Waals surface area (Å²) in [5, 5.41) is 3.53. The van der Waals surface area contributed by atoms with Crippen LogP contribution in [0.15, 0.2) is 54.6 Å². The maximum absolute atomic E-state index is 12.1. The molecule has 1 fully saturated rings. The van der Waals surface area contributed by atoms with Gasteiger partial charge in [-0.05, 0) is 29.8 Å². The molecule has 0 unspecified atom stereocenters.